The number of aromatic hydroxyl groups is 2. The number of aromatic carboxylic acids is 1. The van der Waals surface area contributed by atoms with Crippen molar-refractivity contribution in [2.75, 3.05) is 18.4 Å². The zero-order valence-corrected chi connectivity index (χ0v) is 22.9. The summed E-state index contributed by atoms with van der Waals surface area (Å²) in [6.07, 6.45) is 3.26. The number of phenolic OH excluding ortho intramolecular Hbond substituents is 2. The van der Waals surface area contributed by atoms with E-state index in [-0.39, 0.29) is 50.9 Å². The summed E-state index contributed by atoms with van der Waals surface area (Å²) in [4.78, 5) is 30.3. The van der Waals surface area contributed by atoms with Crippen LogP contribution in [-0.4, -0.2) is 61.8 Å². The molecule has 13 heteroatoms. The number of hydrogen-bond acceptors (Lipinski definition) is 9. The number of aromatic nitrogens is 3. The Balaban J connectivity index is 0.000000268. The van der Waals surface area contributed by atoms with Crippen molar-refractivity contribution in [3.8, 4) is 11.5 Å². The second kappa shape index (κ2) is 16.1. The van der Waals surface area contributed by atoms with Crippen molar-refractivity contribution in [3.05, 3.63) is 100 Å². The van der Waals surface area contributed by atoms with Crippen LogP contribution in [0.3, 0.4) is 0 Å². The number of phenols is 2. The molecule has 0 saturated carbocycles. The standard InChI is InChI=1S/C16H16N2O2.C10H6Cl2N4O2.Cr/c19-15-7-3-1-5-13(15)11-17-9-10-18-12-14-6-2-4-8-16(14)20;11-8-14-9(12)16-10(15-8)13-6-3-1-5(2-4-6)7(17)18;/h1-8,11-12,19-20H,9-10H2;1-4H,(H,17,18)(H,13,14,15,16);. The third-order valence-corrected chi connectivity index (χ3v) is 5.00. The van der Waals surface area contributed by atoms with E-state index in [1.54, 1.807) is 61.0 Å². The number of nitrogens with one attached hydrogen (secondary N) is 1. The molecule has 0 amide bonds. The second-order valence-corrected chi connectivity index (χ2v) is 8.07. The third-order valence-electron chi connectivity index (χ3n) is 4.66. The Kier molecular flexibility index (Phi) is 12.9. The van der Waals surface area contributed by atoms with Gasteiger partial charge >= 0.3 is 5.97 Å². The smallest absolute Gasteiger partial charge is 0.335 e. The number of carbonyl (C=O) groups is 1. The summed E-state index contributed by atoms with van der Waals surface area (Å²) < 4.78 is 0. The van der Waals surface area contributed by atoms with E-state index < -0.39 is 5.97 Å². The number of halogens is 2. The van der Waals surface area contributed by atoms with Gasteiger partial charge in [-0.3, -0.25) is 9.98 Å². The molecule has 0 saturated heterocycles. The number of hydrogen-bond donors (Lipinski definition) is 4. The Morgan fingerprint density at radius 2 is 1.23 bits per heavy atom. The molecule has 200 valence electrons. The third kappa shape index (κ3) is 10.7. The molecule has 0 atom stereocenters. The molecule has 10 nitrogen and oxygen atoms in total. The minimum atomic E-state index is -0.993. The molecule has 39 heavy (non-hydrogen) atoms. The van der Waals surface area contributed by atoms with Crippen molar-refractivity contribution >= 4 is 53.2 Å². The predicted octanol–water partition coefficient (Wildman–Crippen LogP) is 5.25. The molecule has 0 spiro atoms. The van der Waals surface area contributed by atoms with Crippen LogP contribution in [0, 0.1) is 0 Å². The first-order valence-corrected chi connectivity index (χ1v) is 11.8. The summed E-state index contributed by atoms with van der Waals surface area (Å²) >= 11 is 11.2. The molecule has 4 aromatic rings. The monoisotopic (exact) mass is 604 g/mol. The zero-order valence-electron chi connectivity index (χ0n) is 20.1. The number of aliphatic imine (C=N–C) groups is 2. The fraction of sp³-hybridized carbons (Fsp3) is 0.0769. The maximum Gasteiger partial charge on any atom is 0.335 e. The van der Waals surface area contributed by atoms with E-state index >= 15 is 0 Å². The van der Waals surface area contributed by atoms with E-state index in [9.17, 15) is 15.0 Å². The van der Waals surface area contributed by atoms with Gasteiger partial charge in [0.15, 0.2) is 0 Å². The molecule has 0 bridgehead atoms. The number of carboxylic acid groups (broad SMARTS) is 1. The number of anilines is 2. The molecule has 1 aromatic heterocycles. The second-order valence-electron chi connectivity index (χ2n) is 7.39. The molecular weight excluding hydrogens is 583 g/mol. The van der Waals surface area contributed by atoms with Crippen LogP contribution < -0.4 is 5.32 Å². The maximum absolute atomic E-state index is 10.7. The van der Waals surface area contributed by atoms with Crippen LogP contribution >= 0.6 is 23.2 Å². The molecular formula is C26H22Cl2CrN6O4. The fourth-order valence-corrected chi connectivity index (χ4v) is 3.21. The van der Waals surface area contributed by atoms with Crippen LogP contribution in [0.25, 0.3) is 0 Å². The van der Waals surface area contributed by atoms with Gasteiger partial charge in [-0.1, -0.05) is 24.3 Å². The number of carboxylic acids is 1. The van der Waals surface area contributed by atoms with Crippen LogP contribution in [0.15, 0.2) is 82.8 Å². The Morgan fingerprint density at radius 3 is 1.67 bits per heavy atom. The first-order valence-electron chi connectivity index (χ1n) is 11.0. The van der Waals surface area contributed by atoms with E-state index in [1.165, 1.54) is 12.1 Å². The normalized spacial score (nSPS) is 10.5. The van der Waals surface area contributed by atoms with Gasteiger partial charge < -0.3 is 20.6 Å². The Labute approximate surface area is 244 Å². The summed E-state index contributed by atoms with van der Waals surface area (Å²) in [6, 6.07) is 20.1. The Morgan fingerprint density at radius 1 is 0.769 bits per heavy atom. The number of benzene rings is 3. The maximum atomic E-state index is 10.7. The first kappa shape index (κ1) is 31.2. The molecule has 0 aliphatic rings. The Hall–Kier alpha value is -4.01. The SMILES string of the molecule is O=C(O)c1ccc(Nc2nc(Cl)nc(Cl)n2)cc1.Oc1ccccc1C=NCCN=Cc1ccccc1O.[Cr]. The molecule has 4 N–H and O–H groups in total. The molecule has 0 aliphatic heterocycles. The van der Waals surface area contributed by atoms with Crippen molar-refractivity contribution in [1.29, 1.82) is 0 Å². The number of nitrogens with zero attached hydrogens (tertiary/aromatic N) is 5. The van der Waals surface area contributed by atoms with Gasteiger partial charge in [-0.25, -0.2) is 4.79 Å². The van der Waals surface area contributed by atoms with Gasteiger partial charge in [0.05, 0.1) is 18.7 Å². The predicted molar refractivity (Wildman–Crippen MR) is 148 cm³/mol. The largest absolute Gasteiger partial charge is 0.507 e. The van der Waals surface area contributed by atoms with E-state index in [4.69, 9.17) is 28.3 Å². The van der Waals surface area contributed by atoms with E-state index in [1.807, 2.05) is 12.1 Å². The van der Waals surface area contributed by atoms with Gasteiger partial charge in [0.1, 0.15) is 11.5 Å². The summed E-state index contributed by atoms with van der Waals surface area (Å²) in [5.74, 6) is -0.376. The molecule has 0 aliphatic carbocycles. The summed E-state index contributed by atoms with van der Waals surface area (Å²) in [5.41, 5.74) is 2.18. The van der Waals surface area contributed by atoms with Crippen molar-refractivity contribution in [1.82, 2.24) is 15.0 Å². The topological polar surface area (TPSA) is 153 Å². The minimum Gasteiger partial charge on any atom is -0.507 e. The minimum absolute atomic E-state index is 0. The summed E-state index contributed by atoms with van der Waals surface area (Å²) in [5, 5.41) is 30.6. The van der Waals surface area contributed by atoms with Gasteiger partial charge in [-0.2, -0.15) is 15.0 Å². The van der Waals surface area contributed by atoms with E-state index in [0.717, 1.165) is 0 Å². The molecule has 4 rings (SSSR count). The average Bonchev–Trinajstić information content (AvgIpc) is 2.88. The van der Waals surface area contributed by atoms with Crippen LogP contribution in [0.4, 0.5) is 11.6 Å². The van der Waals surface area contributed by atoms with E-state index in [2.05, 4.69) is 30.3 Å². The van der Waals surface area contributed by atoms with E-state index in [0.29, 0.717) is 29.9 Å². The first-order chi connectivity index (χ1) is 18.3. The Bertz CT molecular complexity index is 1360. The van der Waals surface area contributed by atoms with Crippen molar-refractivity contribution < 1.29 is 37.5 Å². The summed E-state index contributed by atoms with van der Waals surface area (Å²) in [6.45, 7) is 1.05. The van der Waals surface area contributed by atoms with Gasteiger partial charge in [-0.05, 0) is 71.7 Å². The van der Waals surface area contributed by atoms with Crippen LogP contribution in [-0.2, 0) is 17.4 Å². The van der Waals surface area contributed by atoms with Gasteiger partial charge in [0, 0.05) is 46.6 Å². The molecule has 0 radical (unpaired) electrons. The van der Waals surface area contributed by atoms with Crippen LogP contribution in [0.2, 0.25) is 10.6 Å². The molecule has 3 aromatic carbocycles. The molecule has 1 heterocycles. The summed E-state index contributed by atoms with van der Waals surface area (Å²) in [7, 11) is 0. The number of rotatable bonds is 8. The van der Waals surface area contributed by atoms with Gasteiger partial charge in [0.2, 0.25) is 16.5 Å². The average molecular weight is 605 g/mol. The van der Waals surface area contributed by atoms with Crippen LogP contribution in [0.5, 0.6) is 11.5 Å². The van der Waals surface area contributed by atoms with Crippen LogP contribution in [0.1, 0.15) is 21.5 Å². The fourth-order valence-electron chi connectivity index (χ4n) is 2.84. The molecule has 0 unspecified atom stereocenters. The molecule has 0 fully saturated rings. The van der Waals surface area contributed by atoms with Crippen molar-refractivity contribution in [2.45, 2.75) is 0 Å². The van der Waals surface area contributed by atoms with Gasteiger partial charge in [0.25, 0.3) is 0 Å². The van der Waals surface area contributed by atoms with Gasteiger partial charge in [-0.15, -0.1) is 0 Å². The number of para-hydroxylation sites is 2. The van der Waals surface area contributed by atoms with Crippen molar-refractivity contribution in [3.63, 3.8) is 0 Å². The van der Waals surface area contributed by atoms with Crippen molar-refractivity contribution in [2.24, 2.45) is 9.98 Å². The quantitative estimate of drug-likeness (QED) is 0.157. The zero-order chi connectivity index (χ0) is 27.3.